The zero-order valence-electron chi connectivity index (χ0n) is 7.61. The third kappa shape index (κ3) is 3.30. The lowest BCUT2D eigenvalue weighted by molar-refractivity contribution is -0.142. The van der Waals surface area contributed by atoms with Gasteiger partial charge in [0.05, 0.1) is 13.2 Å². The first-order valence-corrected chi connectivity index (χ1v) is 4.46. The highest BCUT2D eigenvalue weighted by Crippen LogP contribution is 2.00. The molecule has 1 fully saturated rings. The number of nitrogens with two attached hydrogens (primary N) is 1. The molecule has 1 rings (SSSR count). The summed E-state index contributed by atoms with van der Waals surface area (Å²) >= 11 is 0. The molecule has 1 atom stereocenters. The molecular formula is C8H16N2O3. The molecule has 1 aliphatic rings. The molecule has 0 aliphatic carbocycles. The molecule has 1 unspecified atom stereocenters. The van der Waals surface area contributed by atoms with E-state index in [-0.39, 0.29) is 25.2 Å². The Labute approximate surface area is 77.5 Å². The van der Waals surface area contributed by atoms with E-state index in [0.717, 1.165) is 0 Å². The molecule has 0 aromatic rings. The largest absolute Gasteiger partial charge is 0.395 e. The molecule has 0 bridgehead atoms. The van der Waals surface area contributed by atoms with Gasteiger partial charge in [-0.3, -0.25) is 4.79 Å². The van der Waals surface area contributed by atoms with E-state index < -0.39 is 0 Å². The Morgan fingerprint density at radius 2 is 2.46 bits per heavy atom. The number of rotatable bonds is 4. The molecule has 0 aromatic carbocycles. The van der Waals surface area contributed by atoms with Gasteiger partial charge in [-0.1, -0.05) is 0 Å². The van der Waals surface area contributed by atoms with Gasteiger partial charge < -0.3 is 20.5 Å². The number of aliphatic hydroxyl groups is 1. The van der Waals surface area contributed by atoms with Crippen LogP contribution in [0.3, 0.4) is 0 Å². The lowest BCUT2D eigenvalue weighted by Crippen LogP contribution is -2.43. The van der Waals surface area contributed by atoms with Crippen LogP contribution in [0.2, 0.25) is 0 Å². The van der Waals surface area contributed by atoms with Gasteiger partial charge in [0.25, 0.3) is 0 Å². The smallest absolute Gasteiger partial charge is 0.248 e. The van der Waals surface area contributed by atoms with E-state index in [9.17, 15) is 4.79 Å². The maximum Gasteiger partial charge on any atom is 0.248 e. The quantitative estimate of drug-likeness (QED) is 0.566. The van der Waals surface area contributed by atoms with Gasteiger partial charge in [-0.15, -0.1) is 0 Å². The van der Waals surface area contributed by atoms with Crippen molar-refractivity contribution in [3.63, 3.8) is 0 Å². The minimum absolute atomic E-state index is 0.0105. The minimum atomic E-state index is -0.226. The summed E-state index contributed by atoms with van der Waals surface area (Å²) in [6.07, 6.45) is 0.641. The van der Waals surface area contributed by atoms with Gasteiger partial charge in [0.2, 0.25) is 5.91 Å². The van der Waals surface area contributed by atoms with Crippen LogP contribution in [0, 0.1) is 0 Å². The van der Waals surface area contributed by atoms with Crippen molar-refractivity contribution in [1.29, 1.82) is 0 Å². The number of amides is 1. The van der Waals surface area contributed by atoms with Crippen molar-refractivity contribution in [3.05, 3.63) is 0 Å². The average Bonchev–Trinajstić information content (AvgIpc) is 2.16. The van der Waals surface area contributed by atoms with Gasteiger partial charge in [0.1, 0.15) is 6.61 Å². The Balaban J connectivity index is 2.22. The third-order valence-corrected chi connectivity index (χ3v) is 2.09. The summed E-state index contributed by atoms with van der Waals surface area (Å²) in [6.45, 7) is 1.99. The van der Waals surface area contributed by atoms with Gasteiger partial charge in [-0.05, 0) is 6.42 Å². The van der Waals surface area contributed by atoms with E-state index in [2.05, 4.69) is 0 Å². The first-order valence-electron chi connectivity index (χ1n) is 4.46. The fourth-order valence-electron chi connectivity index (χ4n) is 1.20. The molecule has 1 heterocycles. The second-order valence-electron chi connectivity index (χ2n) is 3.16. The molecule has 0 aromatic heterocycles. The average molecular weight is 188 g/mol. The Morgan fingerprint density at radius 1 is 1.69 bits per heavy atom. The van der Waals surface area contributed by atoms with Crippen LogP contribution in [0.25, 0.3) is 0 Å². The second kappa shape index (κ2) is 5.16. The summed E-state index contributed by atoms with van der Waals surface area (Å²) in [5.74, 6) is 0.0105. The number of morpholine rings is 1. The van der Waals surface area contributed by atoms with Crippen LogP contribution in [0.15, 0.2) is 0 Å². The monoisotopic (exact) mass is 188 g/mol. The molecule has 0 spiro atoms. The molecule has 3 N–H and O–H groups in total. The van der Waals surface area contributed by atoms with Crippen molar-refractivity contribution in [2.24, 2.45) is 5.73 Å². The molecule has 13 heavy (non-hydrogen) atoms. The fraction of sp³-hybridized carbons (Fsp3) is 0.875. The van der Waals surface area contributed by atoms with Crippen LogP contribution in [0.5, 0.6) is 0 Å². The molecule has 0 saturated carbocycles. The highest BCUT2D eigenvalue weighted by atomic mass is 16.5. The predicted octanol–water partition coefficient (Wildman–Crippen LogP) is -1.45. The maximum atomic E-state index is 11.2. The number of hydrogen-bond acceptors (Lipinski definition) is 4. The summed E-state index contributed by atoms with van der Waals surface area (Å²) in [7, 11) is 0. The Bertz CT molecular complexity index is 175. The number of carbonyl (C=O) groups excluding carboxylic acids is 1. The number of aliphatic hydroxyl groups excluding tert-OH is 1. The van der Waals surface area contributed by atoms with Crippen LogP contribution < -0.4 is 5.73 Å². The van der Waals surface area contributed by atoms with E-state index in [4.69, 9.17) is 15.6 Å². The van der Waals surface area contributed by atoms with Crippen molar-refractivity contribution in [3.8, 4) is 0 Å². The molecule has 76 valence electrons. The van der Waals surface area contributed by atoms with E-state index in [1.54, 1.807) is 4.90 Å². The Kier molecular flexibility index (Phi) is 4.14. The first kappa shape index (κ1) is 10.4. The normalized spacial score (nSPS) is 20.5. The van der Waals surface area contributed by atoms with E-state index in [1.165, 1.54) is 0 Å². The number of nitrogens with zero attached hydrogens (tertiary/aromatic N) is 1. The second-order valence-corrected chi connectivity index (χ2v) is 3.16. The van der Waals surface area contributed by atoms with Crippen molar-refractivity contribution in [2.75, 3.05) is 32.9 Å². The summed E-state index contributed by atoms with van der Waals surface area (Å²) in [5, 5.41) is 8.68. The predicted molar refractivity (Wildman–Crippen MR) is 47.1 cm³/mol. The zero-order chi connectivity index (χ0) is 9.68. The van der Waals surface area contributed by atoms with Crippen LogP contribution in [-0.4, -0.2) is 54.9 Å². The lowest BCUT2D eigenvalue weighted by Gasteiger charge is -2.27. The van der Waals surface area contributed by atoms with Gasteiger partial charge in [-0.2, -0.15) is 0 Å². The van der Waals surface area contributed by atoms with E-state index in [0.29, 0.717) is 26.1 Å². The summed E-state index contributed by atoms with van der Waals surface area (Å²) in [4.78, 5) is 12.9. The van der Waals surface area contributed by atoms with Crippen LogP contribution in [-0.2, 0) is 9.53 Å². The fourth-order valence-corrected chi connectivity index (χ4v) is 1.20. The van der Waals surface area contributed by atoms with E-state index in [1.807, 2.05) is 0 Å². The third-order valence-electron chi connectivity index (χ3n) is 2.09. The molecule has 1 saturated heterocycles. The van der Waals surface area contributed by atoms with Gasteiger partial charge in [0.15, 0.2) is 0 Å². The van der Waals surface area contributed by atoms with E-state index >= 15 is 0 Å². The standard InChI is InChI=1S/C8H16N2O3/c9-7(5-11)1-2-10-3-4-13-6-8(10)12/h7,11H,1-6,9H2. The molecule has 5 nitrogen and oxygen atoms in total. The Hall–Kier alpha value is -0.650. The first-order chi connectivity index (χ1) is 6.24. The van der Waals surface area contributed by atoms with Crippen LogP contribution >= 0.6 is 0 Å². The number of hydrogen-bond donors (Lipinski definition) is 2. The number of ether oxygens (including phenoxy) is 1. The Morgan fingerprint density at radius 3 is 3.08 bits per heavy atom. The van der Waals surface area contributed by atoms with Crippen molar-refractivity contribution in [2.45, 2.75) is 12.5 Å². The zero-order valence-corrected chi connectivity index (χ0v) is 7.61. The molecular weight excluding hydrogens is 172 g/mol. The number of carbonyl (C=O) groups is 1. The van der Waals surface area contributed by atoms with Crippen LogP contribution in [0.1, 0.15) is 6.42 Å². The summed E-state index contributed by atoms with van der Waals surface area (Å²) in [5.41, 5.74) is 5.52. The van der Waals surface area contributed by atoms with Crippen molar-refractivity contribution >= 4 is 5.91 Å². The highest BCUT2D eigenvalue weighted by molar-refractivity contribution is 5.77. The SMILES string of the molecule is NC(CO)CCN1CCOCC1=O. The topological polar surface area (TPSA) is 75.8 Å². The van der Waals surface area contributed by atoms with Gasteiger partial charge >= 0.3 is 0 Å². The molecule has 1 aliphatic heterocycles. The van der Waals surface area contributed by atoms with Crippen molar-refractivity contribution in [1.82, 2.24) is 4.90 Å². The van der Waals surface area contributed by atoms with Crippen LogP contribution in [0.4, 0.5) is 0 Å². The highest BCUT2D eigenvalue weighted by Gasteiger charge is 2.18. The summed E-state index contributed by atoms with van der Waals surface area (Å²) < 4.78 is 4.97. The lowest BCUT2D eigenvalue weighted by atomic mass is 10.2. The van der Waals surface area contributed by atoms with Gasteiger partial charge in [0, 0.05) is 19.1 Å². The molecule has 0 radical (unpaired) electrons. The van der Waals surface area contributed by atoms with Crippen molar-refractivity contribution < 1.29 is 14.6 Å². The van der Waals surface area contributed by atoms with Gasteiger partial charge in [-0.25, -0.2) is 0 Å². The molecule has 1 amide bonds. The minimum Gasteiger partial charge on any atom is -0.395 e. The molecule has 5 heteroatoms. The summed E-state index contributed by atoms with van der Waals surface area (Å²) in [6, 6.07) is -0.226. The maximum absolute atomic E-state index is 11.2.